The number of benzene rings is 1. The van der Waals surface area contributed by atoms with Crippen molar-refractivity contribution in [2.45, 2.75) is 30.6 Å². The topological polar surface area (TPSA) is 115 Å². The molecule has 4 rings (SSSR count). The van der Waals surface area contributed by atoms with Crippen LogP contribution in [0.5, 0.6) is 0 Å². The van der Waals surface area contributed by atoms with E-state index in [0.29, 0.717) is 30.8 Å². The summed E-state index contributed by atoms with van der Waals surface area (Å²) in [5.41, 5.74) is 1.96. The van der Waals surface area contributed by atoms with Crippen molar-refractivity contribution >= 4 is 38.5 Å². The lowest BCUT2D eigenvalue weighted by molar-refractivity contribution is 0.0971. The van der Waals surface area contributed by atoms with Gasteiger partial charge < -0.3 is 19.4 Å². The summed E-state index contributed by atoms with van der Waals surface area (Å²) >= 11 is 0. The molecule has 1 aliphatic heterocycles. The number of ether oxygens (including phenoxy) is 1. The summed E-state index contributed by atoms with van der Waals surface area (Å²) in [6, 6.07) is 3.62. The Kier molecular flexibility index (Phi) is 6.00. The van der Waals surface area contributed by atoms with Gasteiger partial charge in [-0.05, 0) is 43.9 Å². The fraction of sp³-hybridized carbons (Fsp3) is 0.381. The van der Waals surface area contributed by atoms with Crippen molar-refractivity contribution in [1.82, 2.24) is 14.9 Å². The summed E-state index contributed by atoms with van der Waals surface area (Å²) in [7, 11) is -3.52. The minimum Gasteiger partial charge on any atom is -0.458 e. The number of amides is 1. The normalized spacial score (nSPS) is 15.2. The molecule has 1 N–H and O–H groups in total. The lowest BCUT2D eigenvalue weighted by atomic mass is 9.90. The maximum absolute atomic E-state index is 14.5. The monoisotopic (exact) mass is 462 g/mol. The Hall–Kier alpha value is -3.21. The minimum absolute atomic E-state index is 0.0677. The molecule has 1 aliphatic rings. The first-order chi connectivity index (χ1) is 15.3. The number of hydrogen-bond acceptors (Lipinski definition) is 8. The van der Waals surface area contributed by atoms with Gasteiger partial charge in [0.1, 0.15) is 17.7 Å². The standard InChI is InChI=1S/C21H23FN4O5S/c1-3-30-21(27)26-8-6-13(7-9-26)15-11-31-19-18(15)23-12-24-20(19)25-17-5-4-14(10-16(17)22)32(2,28)29/h4-5,10-13H,3,6-9H2,1-2H3,(H,23,24,25). The van der Waals surface area contributed by atoms with Gasteiger partial charge >= 0.3 is 6.09 Å². The Morgan fingerprint density at radius 2 is 2.06 bits per heavy atom. The lowest BCUT2D eigenvalue weighted by Gasteiger charge is -2.30. The highest BCUT2D eigenvalue weighted by Gasteiger charge is 2.28. The fourth-order valence-corrected chi connectivity index (χ4v) is 4.42. The molecule has 1 aromatic carbocycles. The molecular formula is C21H23FN4O5S. The van der Waals surface area contributed by atoms with Crippen LogP contribution in [0.1, 0.15) is 31.2 Å². The van der Waals surface area contributed by atoms with Crippen molar-refractivity contribution in [1.29, 1.82) is 0 Å². The average Bonchev–Trinajstić information content (AvgIpc) is 3.20. The van der Waals surface area contributed by atoms with Gasteiger partial charge in [0, 0.05) is 24.9 Å². The maximum atomic E-state index is 14.5. The summed E-state index contributed by atoms with van der Waals surface area (Å²) in [6.07, 6.45) is 5.17. The van der Waals surface area contributed by atoms with Crippen molar-refractivity contribution in [3.63, 3.8) is 0 Å². The number of halogens is 1. The van der Waals surface area contributed by atoms with Gasteiger partial charge in [-0.2, -0.15) is 0 Å². The van der Waals surface area contributed by atoms with Crippen LogP contribution in [-0.2, 0) is 14.6 Å². The van der Waals surface area contributed by atoms with E-state index >= 15 is 0 Å². The number of carbonyl (C=O) groups is 1. The summed E-state index contributed by atoms with van der Waals surface area (Å²) < 4.78 is 48.5. The predicted octanol–water partition coefficient (Wildman–Crippen LogP) is 3.84. The van der Waals surface area contributed by atoms with Crippen molar-refractivity contribution in [2.75, 3.05) is 31.3 Å². The Morgan fingerprint density at radius 1 is 1.31 bits per heavy atom. The molecule has 3 aromatic rings. The molecule has 11 heteroatoms. The van der Waals surface area contributed by atoms with Gasteiger partial charge in [0.25, 0.3) is 0 Å². The first kappa shape index (κ1) is 22.0. The quantitative estimate of drug-likeness (QED) is 0.608. The van der Waals surface area contributed by atoms with Gasteiger partial charge in [-0.25, -0.2) is 27.6 Å². The first-order valence-electron chi connectivity index (χ1n) is 10.2. The molecule has 3 heterocycles. The summed E-state index contributed by atoms with van der Waals surface area (Å²) in [5.74, 6) is -0.301. The highest BCUT2D eigenvalue weighted by Crippen LogP contribution is 2.36. The number of piperidine rings is 1. The third-order valence-corrected chi connectivity index (χ3v) is 6.57. The largest absolute Gasteiger partial charge is 0.458 e. The van der Waals surface area contributed by atoms with Crippen LogP contribution in [0.25, 0.3) is 11.1 Å². The van der Waals surface area contributed by atoms with E-state index in [9.17, 15) is 17.6 Å². The Labute approximate surface area is 184 Å². The van der Waals surface area contributed by atoms with E-state index in [-0.39, 0.29) is 28.4 Å². The molecule has 0 atom stereocenters. The second kappa shape index (κ2) is 8.73. The molecule has 0 saturated carbocycles. The molecule has 0 bridgehead atoms. The van der Waals surface area contributed by atoms with Crippen molar-refractivity contribution < 1.29 is 26.8 Å². The molecule has 1 fully saturated rings. The van der Waals surface area contributed by atoms with Crippen molar-refractivity contribution in [3.8, 4) is 0 Å². The number of nitrogens with zero attached hydrogens (tertiary/aromatic N) is 3. The molecule has 9 nitrogen and oxygen atoms in total. The molecule has 2 aromatic heterocycles. The fourth-order valence-electron chi connectivity index (χ4n) is 3.79. The second-order valence-corrected chi connectivity index (χ2v) is 9.61. The molecule has 0 radical (unpaired) electrons. The van der Waals surface area contributed by atoms with E-state index in [4.69, 9.17) is 9.15 Å². The van der Waals surface area contributed by atoms with Crippen molar-refractivity contribution in [3.05, 3.63) is 42.2 Å². The SMILES string of the molecule is CCOC(=O)N1CCC(c2coc3c(Nc4ccc(S(C)(=O)=O)cc4F)ncnc23)CC1. The number of carbonyl (C=O) groups excluding carboxylic acids is 1. The molecule has 1 amide bonds. The van der Waals surface area contributed by atoms with Crippen molar-refractivity contribution in [2.24, 2.45) is 0 Å². The Balaban J connectivity index is 1.55. The minimum atomic E-state index is -3.52. The number of furan rings is 1. The van der Waals surface area contributed by atoms with Gasteiger partial charge in [0.05, 0.1) is 23.5 Å². The summed E-state index contributed by atoms with van der Waals surface area (Å²) in [5, 5.41) is 2.86. The van der Waals surface area contributed by atoms with Crippen LogP contribution in [-0.4, -0.2) is 55.3 Å². The molecule has 1 saturated heterocycles. The first-order valence-corrected chi connectivity index (χ1v) is 12.1. The van der Waals surface area contributed by atoms with Crippen LogP contribution < -0.4 is 5.32 Å². The van der Waals surface area contributed by atoms with Gasteiger partial charge in [0.15, 0.2) is 21.2 Å². The third-order valence-electron chi connectivity index (χ3n) is 5.46. The highest BCUT2D eigenvalue weighted by molar-refractivity contribution is 7.90. The van der Waals surface area contributed by atoms with Crippen LogP contribution in [0.3, 0.4) is 0 Å². The average molecular weight is 463 g/mol. The van der Waals surface area contributed by atoms with Crippen LogP contribution >= 0.6 is 0 Å². The van der Waals surface area contributed by atoms with E-state index in [2.05, 4.69) is 15.3 Å². The number of fused-ring (bicyclic) bond motifs is 1. The van der Waals surface area contributed by atoms with Gasteiger partial charge in [-0.1, -0.05) is 0 Å². The molecular weight excluding hydrogens is 439 g/mol. The predicted molar refractivity (Wildman–Crippen MR) is 115 cm³/mol. The lowest BCUT2D eigenvalue weighted by Crippen LogP contribution is -2.38. The number of rotatable bonds is 5. The van der Waals surface area contributed by atoms with E-state index in [0.717, 1.165) is 30.7 Å². The molecule has 0 spiro atoms. The van der Waals surface area contributed by atoms with Crippen LogP contribution in [0.15, 0.2) is 40.1 Å². The van der Waals surface area contributed by atoms with Gasteiger partial charge in [0.2, 0.25) is 0 Å². The van der Waals surface area contributed by atoms with Gasteiger partial charge in [-0.3, -0.25) is 0 Å². The summed E-state index contributed by atoms with van der Waals surface area (Å²) in [6.45, 7) is 3.27. The third kappa shape index (κ3) is 4.38. The molecule has 32 heavy (non-hydrogen) atoms. The smallest absolute Gasteiger partial charge is 0.409 e. The molecule has 0 aliphatic carbocycles. The number of nitrogens with one attached hydrogen (secondary N) is 1. The second-order valence-electron chi connectivity index (χ2n) is 7.59. The van der Waals surface area contributed by atoms with E-state index < -0.39 is 15.7 Å². The maximum Gasteiger partial charge on any atom is 0.409 e. The van der Waals surface area contributed by atoms with Crippen LogP contribution in [0, 0.1) is 5.82 Å². The van der Waals surface area contributed by atoms with E-state index in [1.165, 1.54) is 18.5 Å². The zero-order valence-electron chi connectivity index (χ0n) is 17.7. The molecule has 170 valence electrons. The number of aromatic nitrogens is 2. The molecule has 0 unspecified atom stereocenters. The van der Waals surface area contributed by atoms with Crippen LogP contribution in [0.4, 0.5) is 20.7 Å². The Bertz CT molecular complexity index is 1250. The van der Waals surface area contributed by atoms with E-state index in [1.807, 2.05) is 0 Å². The van der Waals surface area contributed by atoms with Crippen LogP contribution in [0.2, 0.25) is 0 Å². The Morgan fingerprint density at radius 3 is 2.72 bits per heavy atom. The zero-order chi connectivity index (χ0) is 22.9. The summed E-state index contributed by atoms with van der Waals surface area (Å²) in [4.78, 5) is 22.0. The van der Waals surface area contributed by atoms with Gasteiger partial charge in [-0.15, -0.1) is 0 Å². The number of hydrogen-bond donors (Lipinski definition) is 1. The van der Waals surface area contributed by atoms with E-state index in [1.54, 1.807) is 18.1 Å². The number of anilines is 2. The highest BCUT2D eigenvalue weighted by atomic mass is 32.2. The number of likely N-dealkylation sites (tertiary alicyclic amines) is 1. The zero-order valence-corrected chi connectivity index (χ0v) is 18.5. The number of sulfone groups is 1.